The molecule has 2 aromatic heterocycles. The molecule has 22 heavy (non-hydrogen) atoms. The number of rotatable bonds is 4. The van der Waals surface area contributed by atoms with Gasteiger partial charge in [0.25, 0.3) is 5.89 Å². The lowest BCUT2D eigenvalue weighted by Crippen LogP contribution is -2.39. The van der Waals surface area contributed by atoms with Crippen LogP contribution >= 0.6 is 0 Å². The average molecular weight is 301 g/mol. The summed E-state index contributed by atoms with van der Waals surface area (Å²) in [7, 11) is 0. The van der Waals surface area contributed by atoms with Crippen LogP contribution in [0, 0.1) is 5.92 Å². The maximum Gasteiger partial charge on any atom is 0.278 e. The highest BCUT2D eigenvalue weighted by molar-refractivity contribution is 5.78. The van der Waals surface area contributed by atoms with E-state index in [1.54, 1.807) is 18.6 Å². The molecule has 3 heterocycles. The van der Waals surface area contributed by atoms with Gasteiger partial charge in [-0.15, -0.1) is 0 Å². The largest absolute Gasteiger partial charge is 0.339 e. The second-order valence-electron chi connectivity index (χ2n) is 5.79. The van der Waals surface area contributed by atoms with Gasteiger partial charge in [-0.05, 0) is 12.8 Å². The second-order valence-corrected chi connectivity index (χ2v) is 5.79. The molecule has 1 aliphatic heterocycles. The first-order valence-corrected chi connectivity index (χ1v) is 7.54. The highest BCUT2D eigenvalue weighted by Crippen LogP contribution is 2.23. The molecule has 0 saturated carbocycles. The lowest BCUT2D eigenvalue weighted by atomic mass is 10.1. The Labute approximate surface area is 128 Å². The summed E-state index contributed by atoms with van der Waals surface area (Å²) in [6, 6.07) is 0.155. The Hall–Kier alpha value is -2.31. The number of carbonyl (C=O) groups is 1. The molecule has 3 rings (SSSR count). The molecule has 1 saturated heterocycles. The highest BCUT2D eigenvalue weighted by atomic mass is 16.5. The van der Waals surface area contributed by atoms with Gasteiger partial charge < -0.3 is 9.42 Å². The van der Waals surface area contributed by atoms with E-state index in [2.05, 4.69) is 20.1 Å². The Bertz CT molecular complexity index is 640. The third-order valence-corrected chi connectivity index (χ3v) is 3.82. The third kappa shape index (κ3) is 2.98. The summed E-state index contributed by atoms with van der Waals surface area (Å²) in [5, 5.41) is 4.00. The van der Waals surface area contributed by atoms with Gasteiger partial charge in [0.1, 0.15) is 5.69 Å². The number of carbonyl (C=O) groups excluding carboxylic acids is 1. The summed E-state index contributed by atoms with van der Waals surface area (Å²) in [6.45, 7) is 4.67. The van der Waals surface area contributed by atoms with Crippen LogP contribution in [0.1, 0.15) is 32.5 Å². The van der Waals surface area contributed by atoms with E-state index in [0.29, 0.717) is 23.8 Å². The number of hydrogen-bond donors (Lipinski definition) is 0. The van der Waals surface area contributed by atoms with E-state index in [1.165, 1.54) is 0 Å². The summed E-state index contributed by atoms with van der Waals surface area (Å²) in [6.07, 6.45) is 7.38. The van der Waals surface area contributed by atoms with Crippen LogP contribution in [0.15, 0.2) is 23.1 Å². The molecule has 116 valence electrons. The van der Waals surface area contributed by atoms with Crippen molar-refractivity contribution in [1.29, 1.82) is 0 Å². The quantitative estimate of drug-likeness (QED) is 0.854. The first kappa shape index (κ1) is 14.6. The molecule has 0 radical (unpaired) electrons. The van der Waals surface area contributed by atoms with Crippen molar-refractivity contribution >= 4 is 5.91 Å². The number of likely N-dealkylation sites (tertiary alicyclic amines) is 1. The second kappa shape index (κ2) is 6.21. The zero-order chi connectivity index (χ0) is 15.5. The fourth-order valence-electron chi connectivity index (χ4n) is 2.73. The predicted molar refractivity (Wildman–Crippen MR) is 78.6 cm³/mol. The fourth-order valence-corrected chi connectivity index (χ4v) is 2.73. The Kier molecular flexibility index (Phi) is 4.13. The first-order chi connectivity index (χ1) is 10.6. The van der Waals surface area contributed by atoms with E-state index >= 15 is 0 Å². The van der Waals surface area contributed by atoms with E-state index in [1.807, 2.05) is 18.7 Å². The van der Waals surface area contributed by atoms with Crippen molar-refractivity contribution < 1.29 is 9.32 Å². The van der Waals surface area contributed by atoms with Crippen LogP contribution in [0.2, 0.25) is 0 Å². The standard InChI is InChI=1S/C15H19N5O2/c1-10(2)15(21)20-7-3-4-11(20)8-13-18-14(22-19-13)12-9-16-5-6-17-12/h5-6,9-11H,3-4,7-8H2,1-2H3/t11-/m1/s1. The van der Waals surface area contributed by atoms with Crippen molar-refractivity contribution in [3.8, 4) is 11.6 Å². The van der Waals surface area contributed by atoms with E-state index in [0.717, 1.165) is 19.4 Å². The molecule has 0 N–H and O–H groups in total. The van der Waals surface area contributed by atoms with Gasteiger partial charge in [-0.2, -0.15) is 4.98 Å². The van der Waals surface area contributed by atoms with Gasteiger partial charge in [0, 0.05) is 37.3 Å². The zero-order valence-corrected chi connectivity index (χ0v) is 12.8. The zero-order valence-electron chi connectivity index (χ0n) is 12.8. The number of hydrogen-bond acceptors (Lipinski definition) is 6. The topological polar surface area (TPSA) is 85.0 Å². The molecule has 1 amide bonds. The summed E-state index contributed by atoms with van der Waals surface area (Å²) in [4.78, 5) is 26.6. The van der Waals surface area contributed by atoms with Gasteiger partial charge in [0.2, 0.25) is 5.91 Å². The predicted octanol–water partition coefficient (Wildman–Crippen LogP) is 1.72. The van der Waals surface area contributed by atoms with E-state index in [-0.39, 0.29) is 17.9 Å². The van der Waals surface area contributed by atoms with E-state index < -0.39 is 0 Å². The SMILES string of the molecule is CC(C)C(=O)N1CCC[C@@H]1Cc1noc(-c2cnccn2)n1. The van der Waals surface area contributed by atoms with Crippen LogP contribution in [0.3, 0.4) is 0 Å². The minimum Gasteiger partial charge on any atom is -0.339 e. The van der Waals surface area contributed by atoms with Gasteiger partial charge in [-0.3, -0.25) is 9.78 Å². The van der Waals surface area contributed by atoms with Crippen LogP contribution in [0.4, 0.5) is 0 Å². The minimum atomic E-state index is 0.0148. The van der Waals surface area contributed by atoms with Crippen LogP contribution in [-0.4, -0.2) is 43.5 Å². The smallest absolute Gasteiger partial charge is 0.278 e. The van der Waals surface area contributed by atoms with Crippen molar-refractivity contribution in [2.45, 2.75) is 39.2 Å². The average Bonchev–Trinajstić information content (AvgIpc) is 3.17. The number of nitrogens with zero attached hydrogens (tertiary/aromatic N) is 5. The van der Waals surface area contributed by atoms with Gasteiger partial charge in [-0.1, -0.05) is 19.0 Å². The molecular weight excluding hydrogens is 282 g/mol. The molecule has 2 aromatic rings. The van der Waals surface area contributed by atoms with Crippen molar-refractivity contribution in [3.05, 3.63) is 24.4 Å². The number of aromatic nitrogens is 4. The lowest BCUT2D eigenvalue weighted by Gasteiger charge is -2.25. The van der Waals surface area contributed by atoms with Crippen LogP contribution in [0.5, 0.6) is 0 Å². The van der Waals surface area contributed by atoms with Crippen molar-refractivity contribution in [3.63, 3.8) is 0 Å². The molecular formula is C15H19N5O2. The molecule has 7 nitrogen and oxygen atoms in total. The molecule has 0 unspecified atom stereocenters. The Morgan fingerprint density at radius 2 is 2.32 bits per heavy atom. The molecule has 1 fully saturated rings. The van der Waals surface area contributed by atoms with Crippen LogP contribution in [-0.2, 0) is 11.2 Å². The summed E-state index contributed by atoms with van der Waals surface area (Å²) < 4.78 is 5.24. The van der Waals surface area contributed by atoms with Crippen LogP contribution < -0.4 is 0 Å². The van der Waals surface area contributed by atoms with E-state index in [9.17, 15) is 4.79 Å². The van der Waals surface area contributed by atoms with Crippen molar-refractivity contribution in [2.75, 3.05) is 6.54 Å². The fraction of sp³-hybridized carbons (Fsp3) is 0.533. The lowest BCUT2D eigenvalue weighted by molar-refractivity contribution is -0.135. The number of amides is 1. The Morgan fingerprint density at radius 3 is 3.05 bits per heavy atom. The normalized spacial score (nSPS) is 18.1. The van der Waals surface area contributed by atoms with Crippen LogP contribution in [0.25, 0.3) is 11.6 Å². The summed E-state index contributed by atoms with van der Waals surface area (Å²) in [5.74, 6) is 1.18. The highest BCUT2D eigenvalue weighted by Gasteiger charge is 2.31. The minimum absolute atomic E-state index is 0.0148. The van der Waals surface area contributed by atoms with Gasteiger partial charge in [-0.25, -0.2) is 4.98 Å². The molecule has 7 heteroatoms. The maximum atomic E-state index is 12.2. The Balaban J connectivity index is 1.71. The van der Waals surface area contributed by atoms with Crippen molar-refractivity contribution in [1.82, 2.24) is 25.0 Å². The molecule has 0 bridgehead atoms. The van der Waals surface area contributed by atoms with Gasteiger partial charge in [0.05, 0.1) is 6.20 Å². The monoisotopic (exact) mass is 301 g/mol. The molecule has 0 aliphatic carbocycles. The molecule has 1 aliphatic rings. The Morgan fingerprint density at radius 1 is 1.45 bits per heavy atom. The molecule has 0 spiro atoms. The van der Waals surface area contributed by atoms with Crippen molar-refractivity contribution in [2.24, 2.45) is 5.92 Å². The summed E-state index contributed by atoms with van der Waals surface area (Å²) >= 11 is 0. The van der Waals surface area contributed by atoms with E-state index in [4.69, 9.17) is 4.52 Å². The first-order valence-electron chi connectivity index (χ1n) is 7.54. The molecule has 1 atom stereocenters. The summed E-state index contributed by atoms with van der Waals surface area (Å²) in [5.41, 5.74) is 0.558. The van der Waals surface area contributed by atoms with Gasteiger partial charge in [0.15, 0.2) is 5.82 Å². The molecule has 0 aromatic carbocycles. The maximum absolute atomic E-state index is 12.2. The van der Waals surface area contributed by atoms with Gasteiger partial charge >= 0.3 is 0 Å². The third-order valence-electron chi connectivity index (χ3n) is 3.82.